The molecule has 0 spiro atoms. The summed E-state index contributed by atoms with van der Waals surface area (Å²) in [5.74, 6) is 1.67. The van der Waals surface area contributed by atoms with Gasteiger partial charge in [0, 0.05) is 36.2 Å². The third kappa shape index (κ3) is 3.02. The highest BCUT2D eigenvalue weighted by Crippen LogP contribution is 2.35. The first kappa shape index (κ1) is 18.2. The fourth-order valence-corrected chi connectivity index (χ4v) is 3.68. The van der Waals surface area contributed by atoms with Gasteiger partial charge in [-0.3, -0.25) is 4.98 Å². The zero-order chi connectivity index (χ0) is 18.4. The number of hydrogen-bond acceptors (Lipinski definition) is 6. The molecule has 7 nitrogen and oxygen atoms in total. The molecule has 0 saturated carbocycles. The normalized spacial score (nSPS) is 15.7. The van der Waals surface area contributed by atoms with Gasteiger partial charge in [0.1, 0.15) is 5.82 Å². The zero-order valence-corrected chi connectivity index (χ0v) is 15.3. The Morgan fingerprint density at radius 1 is 0.964 bits per heavy atom. The van der Waals surface area contributed by atoms with E-state index in [1.165, 1.54) is 12.8 Å². The monoisotopic (exact) mass is 375 g/mol. The molecule has 144 valence electrons. The lowest BCUT2D eigenvalue weighted by Crippen LogP contribution is -2.19. The molecule has 28 heavy (non-hydrogen) atoms. The second kappa shape index (κ2) is 7.07. The summed E-state index contributed by atoms with van der Waals surface area (Å²) < 4.78 is 1.79. The predicted octanol–water partition coefficient (Wildman–Crippen LogP) is 3.59. The first-order valence-corrected chi connectivity index (χ1v) is 9.24. The van der Waals surface area contributed by atoms with Crippen LogP contribution in [-0.4, -0.2) is 37.8 Å². The van der Waals surface area contributed by atoms with Crippen LogP contribution in [0.25, 0.3) is 11.5 Å². The van der Waals surface area contributed by atoms with Gasteiger partial charge < -0.3 is 9.80 Å². The maximum atomic E-state index is 4.71. The molecule has 2 aliphatic rings. The first-order chi connectivity index (χ1) is 13.2. The van der Waals surface area contributed by atoms with Crippen LogP contribution in [0.5, 0.6) is 0 Å². The largest absolute Gasteiger partial charge is 0.355 e. The molecule has 3 aromatic heterocycles. The van der Waals surface area contributed by atoms with Crippen LogP contribution >= 0.6 is 0 Å². The van der Waals surface area contributed by atoms with Crippen molar-refractivity contribution >= 4 is 17.2 Å². The van der Waals surface area contributed by atoms with Crippen molar-refractivity contribution < 1.29 is 0 Å². The molecule has 0 atom stereocenters. The molecule has 7 heteroatoms. The molecular weight excluding hydrogens is 350 g/mol. The van der Waals surface area contributed by atoms with Gasteiger partial charge in [-0.15, -0.1) is 0 Å². The van der Waals surface area contributed by atoms with E-state index >= 15 is 0 Å². The van der Waals surface area contributed by atoms with Crippen LogP contribution in [0.1, 0.15) is 37.2 Å². The quantitative estimate of drug-likeness (QED) is 0.697. The van der Waals surface area contributed by atoms with Crippen LogP contribution in [0.4, 0.5) is 11.5 Å². The lowest BCUT2D eigenvalue weighted by molar-refractivity contribution is 0.796. The Labute approximate surface area is 165 Å². The van der Waals surface area contributed by atoms with E-state index in [9.17, 15) is 0 Å². The average Bonchev–Trinajstić information content (AvgIpc) is 3.41. The van der Waals surface area contributed by atoms with Crippen molar-refractivity contribution in [2.75, 3.05) is 22.9 Å². The van der Waals surface area contributed by atoms with Gasteiger partial charge in [-0.05, 0) is 31.9 Å². The summed E-state index contributed by atoms with van der Waals surface area (Å²) in [6.45, 7) is 9.05. The number of anilines is 2. The SMILES string of the molecule is C.C=C1c2cn(-c3cnc(N4CCCC4)cn3)nc2CN1c1ccc(C)nc1. The van der Waals surface area contributed by atoms with Crippen LogP contribution in [0.15, 0.2) is 43.5 Å². The van der Waals surface area contributed by atoms with Crippen molar-refractivity contribution in [3.63, 3.8) is 0 Å². The standard InChI is InChI=1S/C20H21N7.CH4/c1-14-5-6-16(9-21-14)26-13-18-17(15(26)2)12-27(24-18)20-11-22-19(10-23-20)25-7-3-4-8-25;/h5-6,9-12H,2-4,7-8,13H2,1H3;1H4. The number of aryl methyl sites for hydroxylation is 1. The molecule has 5 heterocycles. The number of rotatable bonds is 3. The highest BCUT2D eigenvalue weighted by Gasteiger charge is 2.27. The fourth-order valence-electron chi connectivity index (χ4n) is 3.68. The number of pyridine rings is 1. The van der Waals surface area contributed by atoms with Gasteiger partial charge in [-0.25, -0.2) is 14.6 Å². The first-order valence-electron chi connectivity index (χ1n) is 9.24. The maximum Gasteiger partial charge on any atom is 0.171 e. The summed E-state index contributed by atoms with van der Waals surface area (Å²) in [4.78, 5) is 17.9. The number of nitrogens with zero attached hydrogens (tertiary/aromatic N) is 7. The van der Waals surface area contributed by atoms with Crippen molar-refractivity contribution in [2.45, 2.75) is 33.7 Å². The second-order valence-electron chi connectivity index (χ2n) is 7.05. The summed E-state index contributed by atoms with van der Waals surface area (Å²) in [5, 5.41) is 4.71. The molecule has 0 aromatic carbocycles. The third-order valence-electron chi connectivity index (χ3n) is 5.23. The number of hydrogen-bond donors (Lipinski definition) is 0. The Kier molecular flexibility index (Phi) is 4.58. The Balaban J connectivity index is 0.00000192. The molecule has 2 aliphatic heterocycles. The van der Waals surface area contributed by atoms with Crippen LogP contribution in [0, 0.1) is 6.92 Å². The highest BCUT2D eigenvalue weighted by molar-refractivity contribution is 5.82. The minimum Gasteiger partial charge on any atom is -0.355 e. The van der Waals surface area contributed by atoms with Crippen molar-refractivity contribution in [3.8, 4) is 5.82 Å². The van der Waals surface area contributed by atoms with E-state index < -0.39 is 0 Å². The summed E-state index contributed by atoms with van der Waals surface area (Å²) in [7, 11) is 0. The van der Waals surface area contributed by atoms with Gasteiger partial charge in [0.15, 0.2) is 5.82 Å². The van der Waals surface area contributed by atoms with Crippen molar-refractivity contribution in [1.82, 2.24) is 24.7 Å². The van der Waals surface area contributed by atoms with Crippen LogP contribution in [-0.2, 0) is 6.54 Å². The van der Waals surface area contributed by atoms with E-state index in [-0.39, 0.29) is 7.43 Å². The predicted molar refractivity (Wildman–Crippen MR) is 112 cm³/mol. The van der Waals surface area contributed by atoms with E-state index in [0.717, 1.165) is 53.1 Å². The maximum absolute atomic E-state index is 4.71. The van der Waals surface area contributed by atoms with Gasteiger partial charge in [-0.2, -0.15) is 5.10 Å². The lowest BCUT2D eigenvalue weighted by Gasteiger charge is -2.19. The molecule has 0 bridgehead atoms. The van der Waals surface area contributed by atoms with Gasteiger partial charge in [0.05, 0.1) is 36.5 Å². The van der Waals surface area contributed by atoms with E-state index in [0.29, 0.717) is 6.54 Å². The highest BCUT2D eigenvalue weighted by atomic mass is 15.3. The van der Waals surface area contributed by atoms with E-state index in [2.05, 4.69) is 37.4 Å². The van der Waals surface area contributed by atoms with Crippen molar-refractivity contribution in [3.05, 3.63) is 60.5 Å². The van der Waals surface area contributed by atoms with Crippen LogP contribution in [0.3, 0.4) is 0 Å². The Morgan fingerprint density at radius 3 is 2.36 bits per heavy atom. The minimum atomic E-state index is 0. The Morgan fingerprint density at radius 2 is 1.71 bits per heavy atom. The molecule has 0 aliphatic carbocycles. The number of aromatic nitrogens is 5. The van der Waals surface area contributed by atoms with E-state index in [1.807, 2.05) is 31.6 Å². The molecule has 0 unspecified atom stereocenters. The van der Waals surface area contributed by atoms with Gasteiger partial charge >= 0.3 is 0 Å². The molecule has 5 rings (SSSR count). The molecule has 0 radical (unpaired) electrons. The Bertz CT molecular complexity index is 983. The molecule has 0 amide bonds. The minimum absolute atomic E-state index is 0. The van der Waals surface area contributed by atoms with Gasteiger partial charge in [0.2, 0.25) is 0 Å². The van der Waals surface area contributed by atoms with Crippen molar-refractivity contribution in [1.29, 1.82) is 0 Å². The molecule has 1 fully saturated rings. The second-order valence-corrected chi connectivity index (χ2v) is 7.05. The summed E-state index contributed by atoms with van der Waals surface area (Å²) in [6, 6.07) is 4.08. The van der Waals surface area contributed by atoms with E-state index in [1.54, 1.807) is 10.9 Å². The zero-order valence-electron chi connectivity index (χ0n) is 15.3. The fraction of sp³-hybridized carbons (Fsp3) is 0.333. The van der Waals surface area contributed by atoms with Gasteiger partial charge in [-0.1, -0.05) is 14.0 Å². The smallest absolute Gasteiger partial charge is 0.171 e. The summed E-state index contributed by atoms with van der Waals surface area (Å²) in [6.07, 6.45) is 9.95. The van der Waals surface area contributed by atoms with Crippen LogP contribution in [0.2, 0.25) is 0 Å². The summed E-state index contributed by atoms with van der Waals surface area (Å²) in [5.41, 5.74) is 5.00. The molecule has 3 aromatic rings. The van der Waals surface area contributed by atoms with Gasteiger partial charge in [0.25, 0.3) is 0 Å². The molecular formula is C21H25N7. The summed E-state index contributed by atoms with van der Waals surface area (Å²) >= 11 is 0. The molecule has 0 N–H and O–H groups in total. The lowest BCUT2D eigenvalue weighted by atomic mass is 10.2. The van der Waals surface area contributed by atoms with E-state index in [4.69, 9.17) is 5.10 Å². The third-order valence-corrected chi connectivity index (χ3v) is 5.23. The number of fused-ring (bicyclic) bond motifs is 1. The van der Waals surface area contributed by atoms with Crippen molar-refractivity contribution in [2.24, 2.45) is 0 Å². The topological polar surface area (TPSA) is 63.0 Å². The molecule has 1 saturated heterocycles. The van der Waals surface area contributed by atoms with Crippen LogP contribution < -0.4 is 9.80 Å². The average molecular weight is 375 g/mol. The Hall–Kier alpha value is -3.22.